The van der Waals surface area contributed by atoms with Gasteiger partial charge in [-0.25, -0.2) is 0 Å². The van der Waals surface area contributed by atoms with Crippen LogP contribution in [0.3, 0.4) is 0 Å². The molecule has 0 fully saturated rings. The van der Waals surface area contributed by atoms with Crippen molar-refractivity contribution in [1.29, 1.82) is 0 Å². The van der Waals surface area contributed by atoms with Crippen LogP contribution in [-0.4, -0.2) is 33.2 Å². The number of rotatable bonds is 7. The van der Waals surface area contributed by atoms with E-state index in [1.807, 2.05) is 50.6 Å². The predicted molar refractivity (Wildman–Crippen MR) is 99.5 cm³/mol. The summed E-state index contributed by atoms with van der Waals surface area (Å²) in [5.74, 6) is 0.0306. The summed E-state index contributed by atoms with van der Waals surface area (Å²) in [6.07, 6.45) is 3.83. The van der Waals surface area contributed by atoms with Gasteiger partial charge in [0.05, 0.1) is 18.8 Å². The largest absolute Gasteiger partial charge is 0.348 e. The molecular weight excluding hydrogens is 368 g/mol. The SMILES string of the molecule is CC(NC(=O)CN(Cc1cnn(C)c1)C(C)C)c1ccc(Br)cc1. The molecule has 1 aromatic heterocycles. The maximum atomic E-state index is 12.4. The number of hydrogen-bond acceptors (Lipinski definition) is 3. The van der Waals surface area contributed by atoms with Crippen LogP contribution in [0, 0.1) is 0 Å². The minimum absolute atomic E-state index is 0.0157. The average molecular weight is 393 g/mol. The molecule has 2 aromatic rings. The molecular formula is C18H25BrN4O. The van der Waals surface area contributed by atoms with Gasteiger partial charge in [-0.05, 0) is 38.5 Å². The topological polar surface area (TPSA) is 50.2 Å². The summed E-state index contributed by atoms with van der Waals surface area (Å²) in [5, 5.41) is 7.26. The lowest BCUT2D eigenvalue weighted by Gasteiger charge is -2.26. The number of aryl methyl sites for hydroxylation is 1. The van der Waals surface area contributed by atoms with Crippen LogP contribution in [0.5, 0.6) is 0 Å². The van der Waals surface area contributed by atoms with Crippen molar-refractivity contribution in [2.75, 3.05) is 6.54 Å². The van der Waals surface area contributed by atoms with Gasteiger partial charge in [0, 0.05) is 35.9 Å². The molecule has 0 aliphatic carbocycles. The number of carbonyl (C=O) groups excluding carboxylic acids is 1. The Morgan fingerprint density at radius 2 is 1.96 bits per heavy atom. The van der Waals surface area contributed by atoms with Crippen LogP contribution in [0.25, 0.3) is 0 Å². The minimum Gasteiger partial charge on any atom is -0.348 e. The molecule has 0 spiro atoms. The molecule has 1 aromatic carbocycles. The Bertz CT molecular complexity index is 666. The summed E-state index contributed by atoms with van der Waals surface area (Å²) in [6.45, 7) is 7.28. The van der Waals surface area contributed by atoms with E-state index in [-0.39, 0.29) is 18.0 Å². The highest BCUT2D eigenvalue weighted by Crippen LogP contribution is 2.16. The molecule has 1 N–H and O–H groups in total. The Morgan fingerprint density at radius 3 is 2.50 bits per heavy atom. The van der Waals surface area contributed by atoms with E-state index in [2.05, 4.69) is 45.1 Å². The molecule has 24 heavy (non-hydrogen) atoms. The van der Waals surface area contributed by atoms with E-state index in [9.17, 15) is 4.79 Å². The van der Waals surface area contributed by atoms with E-state index in [1.165, 1.54) is 0 Å². The fourth-order valence-corrected chi connectivity index (χ4v) is 2.78. The lowest BCUT2D eigenvalue weighted by molar-refractivity contribution is -0.123. The lowest BCUT2D eigenvalue weighted by Crippen LogP contribution is -2.41. The number of aromatic nitrogens is 2. The Labute approximate surface area is 152 Å². The Kier molecular flexibility index (Phi) is 6.57. The number of benzene rings is 1. The monoisotopic (exact) mass is 392 g/mol. The third-order valence-electron chi connectivity index (χ3n) is 3.97. The molecule has 0 aliphatic heterocycles. The van der Waals surface area contributed by atoms with Gasteiger partial charge in [0.1, 0.15) is 0 Å². The van der Waals surface area contributed by atoms with Crippen molar-refractivity contribution in [2.24, 2.45) is 7.05 Å². The molecule has 0 radical (unpaired) electrons. The second-order valence-electron chi connectivity index (χ2n) is 6.36. The highest BCUT2D eigenvalue weighted by molar-refractivity contribution is 9.10. The van der Waals surface area contributed by atoms with E-state index in [4.69, 9.17) is 0 Å². The third kappa shape index (κ3) is 5.46. The first-order valence-electron chi connectivity index (χ1n) is 8.11. The molecule has 0 aliphatic rings. The van der Waals surface area contributed by atoms with Gasteiger partial charge in [0.25, 0.3) is 0 Å². The first-order chi connectivity index (χ1) is 11.3. The van der Waals surface area contributed by atoms with Crippen molar-refractivity contribution in [3.8, 4) is 0 Å². The second kappa shape index (κ2) is 8.44. The van der Waals surface area contributed by atoms with Crippen LogP contribution in [0.2, 0.25) is 0 Å². The van der Waals surface area contributed by atoms with E-state index in [1.54, 1.807) is 4.68 Å². The summed E-state index contributed by atoms with van der Waals surface area (Å²) < 4.78 is 2.82. The number of nitrogens with zero attached hydrogens (tertiary/aromatic N) is 3. The molecule has 1 atom stereocenters. The van der Waals surface area contributed by atoms with Crippen molar-refractivity contribution in [3.05, 3.63) is 52.3 Å². The number of carbonyl (C=O) groups is 1. The van der Waals surface area contributed by atoms with E-state index < -0.39 is 0 Å². The molecule has 0 saturated carbocycles. The highest BCUT2D eigenvalue weighted by atomic mass is 79.9. The quantitative estimate of drug-likeness (QED) is 0.786. The van der Waals surface area contributed by atoms with Crippen molar-refractivity contribution in [2.45, 2.75) is 39.4 Å². The van der Waals surface area contributed by atoms with Crippen molar-refractivity contribution < 1.29 is 4.79 Å². The summed E-state index contributed by atoms with van der Waals surface area (Å²) >= 11 is 3.43. The summed E-state index contributed by atoms with van der Waals surface area (Å²) in [7, 11) is 1.90. The Hall–Kier alpha value is -1.66. The number of halogens is 1. The van der Waals surface area contributed by atoms with Gasteiger partial charge in [-0.1, -0.05) is 28.1 Å². The summed E-state index contributed by atoms with van der Waals surface area (Å²) in [6, 6.07) is 8.27. The van der Waals surface area contributed by atoms with Crippen LogP contribution >= 0.6 is 15.9 Å². The molecule has 0 bridgehead atoms. The van der Waals surface area contributed by atoms with Gasteiger partial charge in [-0.3, -0.25) is 14.4 Å². The van der Waals surface area contributed by atoms with Crippen LogP contribution in [0.15, 0.2) is 41.1 Å². The molecule has 1 unspecified atom stereocenters. The number of nitrogens with one attached hydrogen (secondary N) is 1. The molecule has 1 amide bonds. The zero-order chi connectivity index (χ0) is 17.7. The van der Waals surface area contributed by atoms with Crippen LogP contribution in [0.1, 0.15) is 37.9 Å². The maximum absolute atomic E-state index is 12.4. The predicted octanol–water partition coefficient (Wildman–Crippen LogP) is 3.27. The maximum Gasteiger partial charge on any atom is 0.234 e. The average Bonchev–Trinajstić information content (AvgIpc) is 2.92. The first kappa shape index (κ1) is 18.7. The summed E-state index contributed by atoms with van der Waals surface area (Å²) in [5.41, 5.74) is 2.20. The van der Waals surface area contributed by atoms with Gasteiger partial charge in [-0.15, -0.1) is 0 Å². The zero-order valence-electron chi connectivity index (χ0n) is 14.7. The molecule has 6 heteroatoms. The van der Waals surface area contributed by atoms with Crippen LogP contribution in [0.4, 0.5) is 0 Å². The van der Waals surface area contributed by atoms with Gasteiger partial charge in [-0.2, -0.15) is 5.10 Å². The lowest BCUT2D eigenvalue weighted by atomic mass is 10.1. The van der Waals surface area contributed by atoms with Gasteiger partial charge in [0.2, 0.25) is 5.91 Å². The van der Waals surface area contributed by atoms with E-state index >= 15 is 0 Å². The molecule has 1 heterocycles. The second-order valence-corrected chi connectivity index (χ2v) is 7.28. The van der Waals surface area contributed by atoms with Crippen LogP contribution in [-0.2, 0) is 18.4 Å². The smallest absolute Gasteiger partial charge is 0.234 e. The Morgan fingerprint density at radius 1 is 1.29 bits per heavy atom. The standard InChI is InChI=1S/C18H25BrN4O/c1-13(2)23(11-15-9-20-22(4)10-15)12-18(24)21-14(3)16-5-7-17(19)8-6-16/h5-10,13-14H,11-12H2,1-4H3,(H,21,24). The molecule has 2 rings (SSSR count). The van der Waals surface area contributed by atoms with Gasteiger partial charge >= 0.3 is 0 Å². The van der Waals surface area contributed by atoms with Crippen LogP contribution < -0.4 is 5.32 Å². The first-order valence-corrected chi connectivity index (χ1v) is 8.91. The Balaban J connectivity index is 1.93. The molecule has 130 valence electrons. The minimum atomic E-state index is -0.0157. The molecule has 0 saturated heterocycles. The molecule has 5 nitrogen and oxygen atoms in total. The normalized spacial score (nSPS) is 12.6. The zero-order valence-corrected chi connectivity index (χ0v) is 16.2. The number of amides is 1. The van der Waals surface area contributed by atoms with Crippen molar-refractivity contribution >= 4 is 21.8 Å². The fourth-order valence-electron chi connectivity index (χ4n) is 2.52. The third-order valence-corrected chi connectivity index (χ3v) is 4.50. The van der Waals surface area contributed by atoms with E-state index in [0.29, 0.717) is 13.1 Å². The van der Waals surface area contributed by atoms with Crippen molar-refractivity contribution in [3.63, 3.8) is 0 Å². The van der Waals surface area contributed by atoms with Crippen molar-refractivity contribution in [1.82, 2.24) is 20.0 Å². The highest BCUT2D eigenvalue weighted by Gasteiger charge is 2.17. The van der Waals surface area contributed by atoms with E-state index in [0.717, 1.165) is 15.6 Å². The van der Waals surface area contributed by atoms with Gasteiger partial charge < -0.3 is 5.32 Å². The number of hydrogen-bond donors (Lipinski definition) is 1. The fraction of sp³-hybridized carbons (Fsp3) is 0.444. The summed E-state index contributed by atoms with van der Waals surface area (Å²) in [4.78, 5) is 14.6. The van der Waals surface area contributed by atoms with Gasteiger partial charge in [0.15, 0.2) is 0 Å².